The summed E-state index contributed by atoms with van der Waals surface area (Å²) in [6.45, 7) is 10.0. The number of hydrogen-bond acceptors (Lipinski definition) is 12. The fourth-order valence-corrected chi connectivity index (χ4v) is 8.98. The lowest BCUT2D eigenvalue weighted by atomic mass is 9.90. The highest BCUT2D eigenvalue weighted by Gasteiger charge is 2.49. The molecule has 0 saturated carbocycles. The molecule has 3 fully saturated rings. The number of piperidine rings is 1. The van der Waals surface area contributed by atoms with Gasteiger partial charge in [-0.1, -0.05) is 19.1 Å². The van der Waals surface area contributed by atoms with E-state index in [1.54, 1.807) is 17.0 Å². The molecule has 3 N–H and O–H groups in total. The number of phenols is 1. The van der Waals surface area contributed by atoms with E-state index in [1.807, 2.05) is 30.5 Å². The van der Waals surface area contributed by atoms with Gasteiger partial charge in [0, 0.05) is 87.7 Å². The van der Waals surface area contributed by atoms with Crippen molar-refractivity contribution in [2.45, 2.75) is 70.3 Å². The monoisotopic (exact) mass is 761 g/mol. The number of halogens is 1. The van der Waals surface area contributed by atoms with E-state index in [9.17, 15) is 23.9 Å². The third-order valence-electron chi connectivity index (χ3n) is 12.3. The number of ether oxygens (including phenoxy) is 1. The number of amides is 3. The normalized spacial score (nSPS) is 23.4. The highest BCUT2D eigenvalue weighted by Crippen LogP contribution is 2.45. The van der Waals surface area contributed by atoms with E-state index in [-0.39, 0.29) is 29.9 Å². The zero-order valence-electron chi connectivity index (χ0n) is 31.4. The Bertz CT molecular complexity index is 2250. The van der Waals surface area contributed by atoms with Gasteiger partial charge in [-0.15, -0.1) is 10.2 Å². The molecule has 14 nitrogen and oxygen atoms in total. The maximum Gasteiger partial charge on any atom is 0.255 e. The van der Waals surface area contributed by atoms with Crippen molar-refractivity contribution in [2.24, 2.45) is 0 Å². The minimum absolute atomic E-state index is 0.122. The number of aromatic hydroxyl groups is 1. The molecular weight excluding hydrogens is 718 g/mol. The number of phenolic OH excluding ortho intramolecular Hbond substituents is 1. The first kappa shape index (κ1) is 35.8. The van der Waals surface area contributed by atoms with E-state index in [4.69, 9.17) is 9.72 Å². The van der Waals surface area contributed by atoms with Gasteiger partial charge in [-0.3, -0.25) is 24.6 Å². The molecule has 5 aliphatic heterocycles. The number of imide groups is 1. The highest BCUT2D eigenvalue weighted by atomic mass is 19.1. The van der Waals surface area contributed by atoms with Crippen molar-refractivity contribution in [3.8, 4) is 22.9 Å². The first-order chi connectivity index (χ1) is 27.1. The Morgan fingerprint density at radius 2 is 1.88 bits per heavy atom. The van der Waals surface area contributed by atoms with Crippen molar-refractivity contribution in [3.05, 3.63) is 82.8 Å². The SMILES string of the molecule is CC[C@@]12CNc3nnc(-c4cccc(F)c4O)cc3N1C[C@H](Oc1cc(C)c(CN3CCN(c4ccc5c(c4)C(=O)N([C@H]4CCC(=O)NC4=O)C5)CC3)cn1)C2. The third-order valence-corrected chi connectivity index (χ3v) is 12.3. The molecule has 9 rings (SSSR count). The number of pyridine rings is 1. The molecule has 15 heteroatoms. The van der Waals surface area contributed by atoms with Crippen LogP contribution in [0.1, 0.15) is 59.7 Å². The summed E-state index contributed by atoms with van der Waals surface area (Å²) in [6.07, 6.45) is 4.03. The van der Waals surface area contributed by atoms with Crippen LogP contribution in [0.25, 0.3) is 11.3 Å². The molecule has 2 aromatic heterocycles. The number of nitrogens with one attached hydrogen (secondary N) is 2. The van der Waals surface area contributed by atoms with Crippen LogP contribution in [0.2, 0.25) is 0 Å². The number of para-hydroxylation sites is 1. The third kappa shape index (κ3) is 6.33. The first-order valence-corrected chi connectivity index (χ1v) is 19.3. The van der Waals surface area contributed by atoms with Gasteiger partial charge in [0.25, 0.3) is 5.91 Å². The van der Waals surface area contributed by atoms with Gasteiger partial charge in [-0.05, 0) is 66.8 Å². The predicted octanol–water partition coefficient (Wildman–Crippen LogP) is 4.01. The lowest BCUT2D eigenvalue weighted by Gasteiger charge is -2.43. The molecule has 56 heavy (non-hydrogen) atoms. The fraction of sp³-hybridized carbons (Fsp3) is 0.415. The molecule has 3 amide bonds. The van der Waals surface area contributed by atoms with Crippen LogP contribution in [-0.2, 0) is 22.7 Å². The number of benzene rings is 2. The number of nitrogens with zero attached hydrogens (tertiary/aromatic N) is 7. The summed E-state index contributed by atoms with van der Waals surface area (Å²) in [5.41, 5.74) is 6.09. The number of aryl methyl sites for hydroxylation is 1. The molecule has 7 heterocycles. The summed E-state index contributed by atoms with van der Waals surface area (Å²) in [6, 6.07) is 13.6. The highest BCUT2D eigenvalue weighted by molar-refractivity contribution is 6.05. The van der Waals surface area contributed by atoms with Gasteiger partial charge in [0.2, 0.25) is 17.7 Å². The van der Waals surface area contributed by atoms with E-state index < -0.39 is 23.5 Å². The number of rotatable bonds is 8. The van der Waals surface area contributed by atoms with Gasteiger partial charge >= 0.3 is 0 Å². The van der Waals surface area contributed by atoms with Crippen molar-refractivity contribution in [3.63, 3.8) is 0 Å². The molecule has 3 atom stereocenters. The van der Waals surface area contributed by atoms with Gasteiger partial charge in [-0.25, -0.2) is 9.37 Å². The number of hydrogen-bond donors (Lipinski definition) is 3. The van der Waals surface area contributed by atoms with Crippen LogP contribution in [-0.4, -0.2) is 105 Å². The van der Waals surface area contributed by atoms with Crippen molar-refractivity contribution in [1.82, 2.24) is 30.3 Å². The average molecular weight is 762 g/mol. The minimum Gasteiger partial charge on any atom is -0.504 e. The maximum absolute atomic E-state index is 14.2. The fourth-order valence-electron chi connectivity index (χ4n) is 8.98. The number of carbonyl (C=O) groups excluding carboxylic acids is 3. The molecule has 290 valence electrons. The number of aromatic nitrogens is 3. The van der Waals surface area contributed by atoms with Crippen molar-refractivity contribution in [1.29, 1.82) is 0 Å². The standard InChI is InChI=1S/C41H44FN9O5/c1-3-41-18-28(22-51(41)34-17-32(46-47-38(34)44-23-41)29-5-4-6-31(42)37(29)53)56-36-15-24(2)26(19-43-36)20-48-11-13-49(14-12-48)27-8-7-25-21-50(40(55)30(25)16-27)33-9-10-35(52)45-39(33)54/h4-8,15-17,19,28,33,53H,3,9-14,18,20-23H2,1-2H3,(H,44,47)(H,45,52,54)/t28-,33+,41-/m1/s1. The minimum atomic E-state index is -0.705. The molecule has 2 aromatic carbocycles. The second kappa shape index (κ2) is 14.0. The summed E-state index contributed by atoms with van der Waals surface area (Å²) < 4.78 is 20.7. The summed E-state index contributed by atoms with van der Waals surface area (Å²) in [7, 11) is 0. The van der Waals surface area contributed by atoms with Crippen molar-refractivity contribution < 1.29 is 28.6 Å². The van der Waals surface area contributed by atoms with Crippen LogP contribution < -0.4 is 25.2 Å². The second-order valence-corrected chi connectivity index (χ2v) is 15.5. The Labute approximate surface area is 323 Å². The summed E-state index contributed by atoms with van der Waals surface area (Å²) in [5, 5.41) is 24.9. The number of fused-ring (bicyclic) bond motifs is 4. The quantitative estimate of drug-likeness (QED) is 0.222. The molecule has 0 spiro atoms. The van der Waals surface area contributed by atoms with E-state index in [1.165, 1.54) is 6.07 Å². The molecule has 4 aromatic rings. The molecular formula is C41H44FN9O5. The molecule has 0 bridgehead atoms. The first-order valence-electron chi connectivity index (χ1n) is 19.3. The Hall–Kier alpha value is -5.83. The van der Waals surface area contributed by atoms with Crippen LogP contribution in [0.3, 0.4) is 0 Å². The van der Waals surface area contributed by atoms with Gasteiger partial charge in [-0.2, -0.15) is 0 Å². The molecule has 0 unspecified atom stereocenters. The van der Waals surface area contributed by atoms with Gasteiger partial charge in [0.05, 0.1) is 23.5 Å². The lowest BCUT2D eigenvalue weighted by molar-refractivity contribution is -0.136. The van der Waals surface area contributed by atoms with Crippen molar-refractivity contribution >= 4 is 34.9 Å². The van der Waals surface area contributed by atoms with E-state index in [0.717, 1.165) is 73.6 Å². The van der Waals surface area contributed by atoms with Crippen LogP contribution in [0.5, 0.6) is 11.6 Å². The lowest BCUT2D eigenvalue weighted by Crippen LogP contribution is -2.52. The van der Waals surface area contributed by atoms with Crippen LogP contribution in [0.15, 0.2) is 54.7 Å². The van der Waals surface area contributed by atoms with Gasteiger partial charge in [0.15, 0.2) is 17.4 Å². The second-order valence-electron chi connectivity index (χ2n) is 15.5. The average Bonchev–Trinajstić information content (AvgIpc) is 3.74. The Kier molecular flexibility index (Phi) is 8.98. The summed E-state index contributed by atoms with van der Waals surface area (Å²) in [4.78, 5) is 50.8. The smallest absolute Gasteiger partial charge is 0.255 e. The van der Waals surface area contributed by atoms with Crippen molar-refractivity contribution in [2.75, 3.05) is 54.4 Å². The molecule has 5 aliphatic rings. The number of carbonyl (C=O) groups is 3. The maximum atomic E-state index is 14.2. The Morgan fingerprint density at radius 3 is 2.66 bits per heavy atom. The van der Waals surface area contributed by atoms with Crippen LogP contribution in [0.4, 0.5) is 21.6 Å². The Balaban J connectivity index is 0.818. The van der Waals surface area contributed by atoms with Gasteiger partial charge < -0.3 is 29.9 Å². The summed E-state index contributed by atoms with van der Waals surface area (Å²) in [5.74, 6) is -0.767. The molecule has 0 aliphatic carbocycles. The van der Waals surface area contributed by atoms with E-state index in [0.29, 0.717) is 54.6 Å². The van der Waals surface area contributed by atoms with E-state index in [2.05, 4.69) is 55.4 Å². The zero-order valence-corrected chi connectivity index (χ0v) is 31.4. The molecule has 3 saturated heterocycles. The van der Waals surface area contributed by atoms with Crippen LogP contribution >= 0.6 is 0 Å². The number of piperazine rings is 1. The predicted molar refractivity (Wildman–Crippen MR) is 206 cm³/mol. The van der Waals surface area contributed by atoms with Crippen LogP contribution in [0, 0.1) is 12.7 Å². The van der Waals surface area contributed by atoms with E-state index >= 15 is 0 Å². The largest absolute Gasteiger partial charge is 0.504 e. The summed E-state index contributed by atoms with van der Waals surface area (Å²) >= 11 is 0. The topological polar surface area (TPSA) is 156 Å². The zero-order chi connectivity index (χ0) is 38.7. The van der Waals surface area contributed by atoms with Gasteiger partial charge in [0.1, 0.15) is 12.1 Å². The number of anilines is 3. The molecule has 0 radical (unpaired) electrons. The Morgan fingerprint density at radius 1 is 1.04 bits per heavy atom.